The van der Waals surface area contributed by atoms with Gasteiger partial charge in [-0.25, -0.2) is 4.98 Å². The lowest BCUT2D eigenvalue weighted by Crippen LogP contribution is -2.42. The van der Waals surface area contributed by atoms with Crippen molar-refractivity contribution in [2.75, 3.05) is 42.6 Å². The number of hydrogen-bond donors (Lipinski definition) is 0. The second kappa shape index (κ2) is 10.0. The fraction of sp³-hybridized carbons (Fsp3) is 0.542. The first-order chi connectivity index (χ1) is 15.4. The van der Waals surface area contributed by atoms with E-state index in [4.69, 9.17) is 26.1 Å². The highest BCUT2D eigenvalue weighted by Gasteiger charge is 2.28. The molecule has 0 bridgehead atoms. The number of carbonyl (C=O) groups excluding carboxylic acids is 1. The molecule has 2 aliphatic heterocycles. The van der Waals surface area contributed by atoms with Crippen LogP contribution in [0.3, 0.4) is 0 Å². The van der Waals surface area contributed by atoms with Gasteiger partial charge in [0, 0.05) is 32.5 Å². The summed E-state index contributed by atoms with van der Waals surface area (Å²) in [6.45, 7) is 9.53. The van der Waals surface area contributed by atoms with Crippen LogP contribution in [-0.4, -0.2) is 60.7 Å². The molecule has 4 rings (SSSR count). The summed E-state index contributed by atoms with van der Waals surface area (Å²) in [4.78, 5) is 24.9. The molecule has 0 spiro atoms. The molecule has 3 atom stereocenters. The maximum Gasteiger partial charge on any atom is 0.227 e. The van der Waals surface area contributed by atoms with Crippen LogP contribution in [-0.2, 0) is 9.53 Å². The third-order valence-corrected chi connectivity index (χ3v) is 6.29. The topological polar surface area (TPSA) is 67.8 Å². The molecule has 2 aliphatic rings. The molecule has 0 amide bonds. The fourth-order valence-electron chi connectivity index (χ4n) is 4.36. The Kier molecular flexibility index (Phi) is 7.16. The fourth-order valence-corrected chi connectivity index (χ4v) is 4.57. The maximum absolute atomic E-state index is 11.4. The highest BCUT2D eigenvalue weighted by atomic mass is 35.5. The number of carbonyl (C=O) groups is 1. The highest BCUT2D eigenvalue weighted by molar-refractivity contribution is 6.32. The van der Waals surface area contributed by atoms with Crippen LogP contribution in [0.5, 0.6) is 5.75 Å². The van der Waals surface area contributed by atoms with Crippen LogP contribution in [0.4, 0.5) is 11.8 Å². The molecule has 3 heterocycles. The first-order valence-corrected chi connectivity index (χ1v) is 11.7. The van der Waals surface area contributed by atoms with Crippen LogP contribution in [0.15, 0.2) is 30.5 Å². The molecule has 1 unspecified atom stereocenters. The van der Waals surface area contributed by atoms with Crippen molar-refractivity contribution in [3.63, 3.8) is 0 Å². The molecular weight excluding hydrogens is 428 g/mol. The van der Waals surface area contributed by atoms with Crippen LogP contribution in [0.2, 0.25) is 5.02 Å². The zero-order valence-corrected chi connectivity index (χ0v) is 19.7. The van der Waals surface area contributed by atoms with E-state index in [0.717, 1.165) is 49.7 Å². The minimum absolute atomic E-state index is 0.0633. The molecule has 2 saturated heterocycles. The summed E-state index contributed by atoms with van der Waals surface area (Å²) in [5.41, 5.74) is 1.15. The zero-order chi connectivity index (χ0) is 22.7. The first kappa shape index (κ1) is 22.8. The van der Waals surface area contributed by atoms with E-state index >= 15 is 0 Å². The summed E-state index contributed by atoms with van der Waals surface area (Å²) >= 11 is 6.46. The summed E-state index contributed by atoms with van der Waals surface area (Å²) in [7, 11) is 0. The standard InChI is InChI=1S/C24H31ClN4O3/c1-16(12-17(2)30)19-4-6-20(7-5-19)32-21-8-9-28(15-21)23-22(25)13-26-24(27-23)29-10-11-31-18(3)14-29/h4-7,13,16,18,21H,8-12,14-15H2,1-3H3/t16-,18?,21-/m1/s1. The third kappa shape index (κ3) is 5.51. The normalized spacial score (nSPS) is 22.1. The minimum Gasteiger partial charge on any atom is -0.489 e. The van der Waals surface area contributed by atoms with Crippen molar-refractivity contribution in [3.05, 3.63) is 41.0 Å². The van der Waals surface area contributed by atoms with Gasteiger partial charge in [-0.05, 0) is 37.5 Å². The van der Waals surface area contributed by atoms with E-state index in [0.29, 0.717) is 24.0 Å². The van der Waals surface area contributed by atoms with Crippen molar-refractivity contribution in [2.45, 2.75) is 51.7 Å². The Morgan fingerprint density at radius 2 is 2.03 bits per heavy atom. The van der Waals surface area contributed by atoms with E-state index in [-0.39, 0.29) is 23.9 Å². The predicted octanol–water partition coefficient (Wildman–Crippen LogP) is 4.10. The van der Waals surface area contributed by atoms with E-state index < -0.39 is 0 Å². The number of rotatable bonds is 7. The average Bonchev–Trinajstić information content (AvgIpc) is 3.22. The van der Waals surface area contributed by atoms with Gasteiger partial charge >= 0.3 is 0 Å². The predicted molar refractivity (Wildman–Crippen MR) is 126 cm³/mol. The lowest BCUT2D eigenvalue weighted by Gasteiger charge is -2.31. The number of anilines is 2. The van der Waals surface area contributed by atoms with Crippen molar-refractivity contribution in [2.24, 2.45) is 0 Å². The molecule has 0 saturated carbocycles. The summed E-state index contributed by atoms with van der Waals surface area (Å²) in [6, 6.07) is 8.08. The molecule has 7 nitrogen and oxygen atoms in total. The summed E-state index contributed by atoms with van der Waals surface area (Å²) in [5, 5.41) is 0.555. The minimum atomic E-state index is 0.0633. The Labute approximate surface area is 194 Å². The number of ketones is 1. The van der Waals surface area contributed by atoms with Gasteiger partial charge in [0.1, 0.15) is 22.7 Å². The van der Waals surface area contributed by atoms with E-state index in [1.165, 1.54) is 0 Å². The van der Waals surface area contributed by atoms with Crippen molar-refractivity contribution in [1.82, 2.24) is 9.97 Å². The Morgan fingerprint density at radius 1 is 1.25 bits per heavy atom. The highest BCUT2D eigenvalue weighted by Crippen LogP contribution is 2.30. The maximum atomic E-state index is 11.4. The molecule has 1 aromatic carbocycles. The molecular formula is C24H31ClN4O3. The van der Waals surface area contributed by atoms with Gasteiger partial charge in [0.05, 0.1) is 25.5 Å². The van der Waals surface area contributed by atoms with Gasteiger partial charge in [-0.1, -0.05) is 30.7 Å². The van der Waals surface area contributed by atoms with Crippen LogP contribution >= 0.6 is 11.6 Å². The first-order valence-electron chi connectivity index (χ1n) is 11.3. The van der Waals surface area contributed by atoms with Gasteiger partial charge in [-0.3, -0.25) is 0 Å². The van der Waals surface area contributed by atoms with Gasteiger partial charge in [0.15, 0.2) is 5.82 Å². The molecule has 1 aromatic heterocycles. The Balaban J connectivity index is 1.38. The van der Waals surface area contributed by atoms with Gasteiger partial charge in [-0.15, -0.1) is 0 Å². The molecule has 32 heavy (non-hydrogen) atoms. The van der Waals surface area contributed by atoms with Gasteiger partial charge < -0.3 is 24.1 Å². The Morgan fingerprint density at radius 3 is 2.75 bits per heavy atom. The lowest BCUT2D eigenvalue weighted by molar-refractivity contribution is -0.117. The number of morpholine rings is 1. The number of benzene rings is 1. The summed E-state index contributed by atoms with van der Waals surface area (Å²) in [6.07, 6.45) is 3.37. The van der Waals surface area contributed by atoms with Gasteiger partial charge in [0.2, 0.25) is 5.95 Å². The second-order valence-corrected chi connectivity index (χ2v) is 9.23. The molecule has 0 radical (unpaired) electrons. The van der Waals surface area contributed by atoms with E-state index in [1.54, 1.807) is 13.1 Å². The van der Waals surface area contributed by atoms with E-state index in [1.807, 2.05) is 24.3 Å². The second-order valence-electron chi connectivity index (χ2n) is 8.82. The number of halogens is 1. The zero-order valence-electron chi connectivity index (χ0n) is 19.0. The van der Waals surface area contributed by atoms with Crippen molar-refractivity contribution >= 4 is 29.2 Å². The molecule has 2 aromatic rings. The number of Topliss-reactive ketones (excluding diaryl/α,β-unsaturated/α-hetero) is 1. The van der Waals surface area contributed by atoms with Crippen LogP contribution < -0.4 is 14.5 Å². The van der Waals surface area contributed by atoms with E-state index in [2.05, 4.69) is 28.6 Å². The number of aromatic nitrogens is 2. The van der Waals surface area contributed by atoms with Crippen LogP contribution in [0.25, 0.3) is 0 Å². The Bertz CT molecular complexity index is 939. The monoisotopic (exact) mass is 458 g/mol. The number of ether oxygens (including phenoxy) is 2. The lowest BCUT2D eigenvalue weighted by atomic mass is 9.96. The molecule has 0 aliphatic carbocycles. The summed E-state index contributed by atoms with van der Waals surface area (Å²) < 4.78 is 11.8. The largest absolute Gasteiger partial charge is 0.489 e. The van der Waals surface area contributed by atoms with Crippen molar-refractivity contribution < 1.29 is 14.3 Å². The summed E-state index contributed by atoms with van der Waals surface area (Å²) in [5.74, 6) is 2.72. The van der Waals surface area contributed by atoms with Crippen molar-refractivity contribution in [3.8, 4) is 5.75 Å². The third-order valence-electron chi connectivity index (χ3n) is 6.03. The van der Waals surface area contributed by atoms with Gasteiger partial charge in [0.25, 0.3) is 0 Å². The molecule has 8 heteroatoms. The average molecular weight is 459 g/mol. The van der Waals surface area contributed by atoms with Gasteiger partial charge in [-0.2, -0.15) is 4.98 Å². The number of hydrogen-bond acceptors (Lipinski definition) is 7. The van der Waals surface area contributed by atoms with Crippen molar-refractivity contribution in [1.29, 1.82) is 0 Å². The van der Waals surface area contributed by atoms with Crippen LogP contribution in [0.1, 0.15) is 45.1 Å². The van der Waals surface area contributed by atoms with Crippen LogP contribution in [0, 0.1) is 0 Å². The smallest absolute Gasteiger partial charge is 0.227 e. The Hall–Kier alpha value is -2.38. The molecule has 0 N–H and O–H groups in total. The molecule has 172 valence electrons. The molecule has 2 fully saturated rings. The SMILES string of the molecule is CC(=O)C[C@@H](C)c1ccc(O[C@@H]2CCN(c3nc(N4CCOC(C)C4)ncc3Cl)C2)cc1. The quantitative estimate of drug-likeness (QED) is 0.618. The number of nitrogens with zero attached hydrogens (tertiary/aromatic N) is 4. The van der Waals surface area contributed by atoms with E-state index in [9.17, 15) is 4.79 Å².